The van der Waals surface area contributed by atoms with Crippen molar-refractivity contribution < 1.29 is 32.2 Å². The van der Waals surface area contributed by atoms with Crippen LogP contribution < -0.4 is 9.47 Å². The zero-order valence-electron chi connectivity index (χ0n) is 19.5. The van der Waals surface area contributed by atoms with Gasteiger partial charge in [-0.25, -0.2) is 9.59 Å². The van der Waals surface area contributed by atoms with E-state index in [9.17, 15) is 22.8 Å². The molecule has 3 aromatic carbocycles. The van der Waals surface area contributed by atoms with Crippen LogP contribution in [0.2, 0.25) is 0 Å². The van der Waals surface area contributed by atoms with Gasteiger partial charge in [0.1, 0.15) is 11.5 Å². The van der Waals surface area contributed by atoms with Crippen LogP contribution in [0.4, 0.5) is 13.2 Å². The number of hydrogen-bond donors (Lipinski definition) is 0. The highest BCUT2D eigenvalue weighted by Crippen LogP contribution is 2.43. The minimum absolute atomic E-state index is 0.00327. The molecular weight excluding hydrogens is 457 g/mol. The summed E-state index contributed by atoms with van der Waals surface area (Å²) < 4.78 is 52.8. The first kappa shape index (κ1) is 25.5. The first-order valence-electron chi connectivity index (χ1n) is 10.6. The zero-order valence-corrected chi connectivity index (χ0v) is 19.5. The Bertz CT molecular complexity index is 1300. The van der Waals surface area contributed by atoms with Gasteiger partial charge in [0.05, 0.1) is 5.56 Å². The maximum absolute atomic E-state index is 14.2. The van der Waals surface area contributed by atoms with Gasteiger partial charge in [-0.1, -0.05) is 49.6 Å². The van der Waals surface area contributed by atoms with Gasteiger partial charge in [0, 0.05) is 11.1 Å². The van der Waals surface area contributed by atoms with E-state index < -0.39 is 23.7 Å². The Kier molecular flexibility index (Phi) is 7.29. The molecule has 0 aliphatic carbocycles. The van der Waals surface area contributed by atoms with E-state index in [1.807, 2.05) is 0 Å². The molecule has 0 saturated heterocycles. The van der Waals surface area contributed by atoms with E-state index in [1.165, 1.54) is 63.2 Å². The number of esters is 2. The summed E-state index contributed by atoms with van der Waals surface area (Å²) in [5.74, 6) is -0.733. The number of ether oxygens (including phenoxy) is 2. The Morgan fingerprint density at radius 1 is 0.686 bits per heavy atom. The van der Waals surface area contributed by atoms with Crippen LogP contribution in [-0.2, 0) is 15.8 Å². The molecule has 0 atom stereocenters. The van der Waals surface area contributed by atoms with Crippen molar-refractivity contribution in [3.63, 3.8) is 0 Å². The minimum atomic E-state index is -4.61. The number of halogens is 3. The van der Waals surface area contributed by atoms with Gasteiger partial charge in [-0.2, -0.15) is 13.2 Å². The molecule has 180 valence electrons. The van der Waals surface area contributed by atoms with Crippen LogP contribution in [0.3, 0.4) is 0 Å². The van der Waals surface area contributed by atoms with Crippen molar-refractivity contribution in [2.75, 3.05) is 0 Å². The molecule has 0 saturated carbocycles. The number of benzene rings is 3. The number of alkyl halides is 3. The summed E-state index contributed by atoms with van der Waals surface area (Å²) in [6, 6.07) is 15.0. The third-order valence-corrected chi connectivity index (χ3v) is 5.20. The van der Waals surface area contributed by atoms with Crippen LogP contribution in [0.25, 0.3) is 22.3 Å². The molecule has 0 bridgehead atoms. The molecule has 7 heteroatoms. The molecule has 0 fully saturated rings. The van der Waals surface area contributed by atoms with Crippen molar-refractivity contribution in [1.82, 2.24) is 0 Å². The highest BCUT2D eigenvalue weighted by molar-refractivity contribution is 5.89. The number of carbonyl (C=O) groups is 2. The predicted octanol–water partition coefficient (Wildman–Crippen LogP) is 7.31. The van der Waals surface area contributed by atoms with E-state index in [2.05, 4.69) is 13.2 Å². The fraction of sp³-hybridized carbons (Fsp3) is 0.143. The van der Waals surface area contributed by atoms with E-state index >= 15 is 0 Å². The molecule has 0 heterocycles. The van der Waals surface area contributed by atoms with Crippen molar-refractivity contribution in [2.45, 2.75) is 26.9 Å². The Morgan fingerprint density at radius 2 is 1.06 bits per heavy atom. The lowest BCUT2D eigenvalue weighted by molar-refractivity contribution is -0.137. The minimum Gasteiger partial charge on any atom is -0.423 e. The molecule has 0 spiro atoms. The lowest BCUT2D eigenvalue weighted by atomic mass is 9.89. The summed E-state index contributed by atoms with van der Waals surface area (Å²) in [6.45, 7) is 11.4. The third-order valence-electron chi connectivity index (χ3n) is 5.20. The zero-order chi connectivity index (χ0) is 25.9. The summed E-state index contributed by atoms with van der Waals surface area (Å²) in [6.07, 6.45) is -4.61. The van der Waals surface area contributed by atoms with Gasteiger partial charge in [-0.15, -0.1) is 0 Å². The molecule has 0 radical (unpaired) electrons. The molecule has 0 unspecified atom stereocenters. The molecule has 0 N–H and O–H groups in total. The quantitative estimate of drug-likeness (QED) is 0.211. The second-order valence-electron chi connectivity index (χ2n) is 8.05. The normalized spacial score (nSPS) is 11.0. The first-order chi connectivity index (χ1) is 16.4. The number of hydrogen-bond acceptors (Lipinski definition) is 4. The molecule has 35 heavy (non-hydrogen) atoms. The Balaban J connectivity index is 1.99. The van der Waals surface area contributed by atoms with Crippen molar-refractivity contribution in [3.8, 4) is 33.8 Å². The van der Waals surface area contributed by atoms with E-state index in [1.54, 1.807) is 18.2 Å². The second kappa shape index (κ2) is 10.0. The van der Waals surface area contributed by atoms with Gasteiger partial charge in [0.15, 0.2) is 0 Å². The maximum atomic E-state index is 14.2. The average Bonchev–Trinajstić information content (AvgIpc) is 2.79. The smallest absolute Gasteiger partial charge is 0.417 e. The third kappa shape index (κ3) is 5.87. The SMILES string of the molecule is C=C(C)C(=O)Oc1ccc(-c2ccc(-c3ccc(OC(=O)C(=C)C)cc3)c(C(F)(F)F)c2C)cc1. The number of carbonyl (C=O) groups excluding carboxylic acids is 2. The van der Waals surface area contributed by atoms with Crippen LogP contribution in [0, 0.1) is 6.92 Å². The van der Waals surface area contributed by atoms with Gasteiger partial charge < -0.3 is 9.47 Å². The lowest BCUT2D eigenvalue weighted by Gasteiger charge is -2.19. The predicted molar refractivity (Wildman–Crippen MR) is 128 cm³/mol. The van der Waals surface area contributed by atoms with E-state index in [-0.39, 0.29) is 33.8 Å². The van der Waals surface area contributed by atoms with Crippen LogP contribution in [0.1, 0.15) is 25.0 Å². The van der Waals surface area contributed by atoms with E-state index in [0.717, 1.165) is 0 Å². The highest BCUT2D eigenvalue weighted by atomic mass is 19.4. The van der Waals surface area contributed by atoms with Gasteiger partial charge in [-0.3, -0.25) is 0 Å². The van der Waals surface area contributed by atoms with Crippen LogP contribution >= 0.6 is 0 Å². The Labute approximate surface area is 201 Å². The summed E-state index contributed by atoms with van der Waals surface area (Å²) >= 11 is 0. The van der Waals surface area contributed by atoms with E-state index in [0.29, 0.717) is 16.7 Å². The molecular formula is C28H23F3O4. The molecule has 3 rings (SSSR count). The maximum Gasteiger partial charge on any atom is 0.417 e. The van der Waals surface area contributed by atoms with Crippen LogP contribution in [0.5, 0.6) is 11.5 Å². The molecule has 4 nitrogen and oxygen atoms in total. The monoisotopic (exact) mass is 480 g/mol. The molecule has 0 amide bonds. The first-order valence-corrected chi connectivity index (χ1v) is 10.6. The van der Waals surface area contributed by atoms with Gasteiger partial charge in [0.25, 0.3) is 0 Å². The van der Waals surface area contributed by atoms with Gasteiger partial charge in [-0.05, 0) is 72.9 Å². The fourth-order valence-corrected chi connectivity index (χ4v) is 3.42. The molecule has 0 aliphatic rings. The summed E-state index contributed by atoms with van der Waals surface area (Å²) in [4.78, 5) is 23.4. The lowest BCUT2D eigenvalue weighted by Crippen LogP contribution is -2.11. The topological polar surface area (TPSA) is 52.6 Å². The van der Waals surface area contributed by atoms with Crippen molar-refractivity contribution in [2.24, 2.45) is 0 Å². The summed E-state index contributed by atoms with van der Waals surface area (Å²) in [7, 11) is 0. The van der Waals surface area contributed by atoms with Crippen molar-refractivity contribution in [1.29, 1.82) is 0 Å². The molecule has 3 aromatic rings. The second-order valence-corrected chi connectivity index (χ2v) is 8.05. The molecule has 0 aromatic heterocycles. The standard InChI is InChI=1S/C28H23F3O4/c1-16(2)26(32)34-21-10-6-19(7-11-21)23-14-15-24(25(18(23)5)28(29,30)31)20-8-12-22(13-9-20)35-27(33)17(3)4/h6-15H,1,3H2,2,4-5H3. The fourth-order valence-electron chi connectivity index (χ4n) is 3.42. The molecule has 0 aliphatic heterocycles. The van der Waals surface area contributed by atoms with Crippen molar-refractivity contribution in [3.05, 3.63) is 96.1 Å². The Morgan fingerprint density at radius 3 is 1.43 bits per heavy atom. The van der Waals surface area contributed by atoms with Crippen molar-refractivity contribution >= 4 is 11.9 Å². The van der Waals surface area contributed by atoms with Gasteiger partial charge >= 0.3 is 18.1 Å². The van der Waals surface area contributed by atoms with Crippen LogP contribution in [-0.4, -0.2) is 11.9 Å². The average molecular weight is 480 g/mol. The van der Waals surface area contributed by atoms with Crippen LogP contribution in [0.15, 0.2) is 85.0 Å². The van der Waals surface area contributed by atoms with E-state index in [4.69, 9.17) is 9.47 Å². The Hall–Kier alpha value is -4.13. The van der Waals surface area contributed by atoms with Gasteiger partial charge in [0.2, 0.25) is 0 Å². The number of rotatable bonds is 6. The highest BCUT2D eigenvalue weighted by Gasteiger charge is 2.36. The summed E-state index contributed by atoms with van der Waals surface area (Å²) in [5, 5.41) is 0. The largest absolute Gasteiger partial charge is 0.423 e. The summed E-state index contributed by atoms with van der Waals surface area (Å²) in [5.41, 5.74) is 0.994.